The predicted molar refractivity (Wildman–Crippen MR) is 76.8 cm³/mol. The van der Waals surface area contributed by atoms with Crippen LogP contribution in [0.25, 0.3) is 10.2 Å². The van der Waals surface area contributed by atoms with Crippen molar-refractivity contribution in [2.75, 3.05) is 25.6 Å². The van der Waals surface area contributed by atoms with Crippen molar-refractivity contribution in [3.63, 3.8) is 0 Å². The first kappa shape index (κ1) is 13.5. The van der Waals surface area contributed by atoms with Crippen LogP contribution in [0.5, 0.6) is 0 Å². The van der Waals surface area contributed by atoms with Crippen LogP contribution in [-0.4, -0.2) is 30.2 Å². The van der Waals surface area contributed by atoms with Crippen LogP contribution in [0.4, 0.5) is 5.95 Å². The van der Waals surface area contributed by atoms with E-state index in [1.54, 1.807) is 18.4 Å². The average Bonchev–Trinajstić information content (AvgIpc) is 2.73. The van der Waals surface area contributed by atoms with Crippen molar-refractivity contribution >= 4 is 39.1 Å². The Kier molecular flexibility index (Phi) is 4.74. The van der Waals surface area contributed by atoms with Gasteiger partial charge in [-0.25, -0.2) is 9.97 Å². The Morgan fingerprint density at radius 2 is 2.28 bits per heavy atom. The fourth-order valence-electron chi connectivity index (χ4n) is 1.65. The van der Waals surface area contributed by atoms with Crippen molar-refractivity contribution in [1.29, 1.82) is 0 Å². The van der Waals surface area contributed by atoms with Gasteiger partial charge in [-0.2, -0.15) is 0 Å². The maximum Gasteiger partial charge on any atom is 0.225 e. The molecule has 6 heteroatoms. The van der Waals surface area contributed by atoms with Crippen molar-refractivity contribution in [2.45, 2.75) is 19.8 Å². The summed E-state index contributed by atoms with van der Waals surface area (Å²) < 4.78 is 4.97. The predicted octanol–water partition coefficient (Wildman–Crippen LogP) is 3.36. The monoisotopic (exact) mass is 285 g/mol. The molecule has 0 aliphatic heterocycles. The molecule has 0 spiro atoms. The van der Waals surface area contributed by atoms with E-state index < -0.39 is 0 Å². The maximum absolute atomic E-state index is 6.17. The van der Waals surface area contributed by atoms with Crippen molar-refractivity contribution in [2.24, 2.45) is 0 Å². The van der Waals surface area contributed by atoms with Crippen LogP contribution in [0.2, 0.25) is 5.15 Å². The van der Waals surface area contributed by atoms with Gasteiger partial charge in [0.15, 0.2) is 0 Å². The van der Waals surface area contributed by atoms with Gasteiger partial charge in [0.2, 0.25) is 5.95 Å². The van der Waals surface area contributed by atoms with E-state index in [1.165, 1.54) is 4.88 Å². The molecule has 1 N–H and O–H groups in total. The van der Waals surface area contributed by atoms with E-state index in [4.69, 9.17) is 16.3 Å². The first-order chi connectivity index (χ1) is 8.74. The number of hydrogen-bond donors (Lipinski definition) is 1. The van der Waals surface area contributed by atoms with Crippen molar-refractivity contribution < 1.29 is 4.74 Å². The molecule has 0 radical (unpaired) electrons. The van der Waals surface area contributed by atoms with Crippen molar-refractivity contribution in [3.05, 3.63) is 16.1 Å². The Morgan fingerprint density at radius 3 is 3.00 bits per heavy atom. The zero-order valence-electron chi connectivity index (χ0n) is 10.5. The van der Waals surface area contributed by atoms with Crippen LogP contribution in [0.15, 0.2) is 6.07 Å². The molecule has 18 heavy (non-hydrogen) atoms. The first-order valence-electron chi connectivity index (χ1n) is 5.93. The second kappa shape index (κ2) is 6.31. The summed E-state index contributed by atoms with van der Waals surface area (Å²) in [6, 6.07) is 2.09. The summed E-state index contributed by atoms with van der Waals surface area (Å²) >= 11 is 7.86. The Balaban J connectivity index is 2.24. The van der Waals surface area contributed by atoms with Gasteiger partial charge in [0.1, 0.15) is 9.98 Å². The highest BCUT2D eigenvalue weighted by Gasteiger charge is 2.09. The second-order valence-electron chi connectivity index (χ2n) is 3.94. The van der Waals surface area contributed by atoms with Gasteiger partial charge in [0, 0.05) is 23.9 Å². The molecule has 0 aromatic carbocycles. The number of halogens is 1. The average molecular weight is 286 g/mol. The van der Waals surface area contributed by atoms with Gasteiger partial charge in [0.05, 0.1) is 6.61 Å². The summed E-state index contributed by atoms with van der Waals surface area (Å²) in [5.41, 5.74) is 0. The number of thiophene rings is 1. The van der Waals surface area contributed by atoms with E-state index in [9.17, 15) is 0 Å². The van der Waals surface area contributed by atoms with Crippen LogP contribution in [0.3, 0.4) is 0 Å². The molecular weight excluding hydrogens is 270 g/mol. The normalized spacial score (nSPS) is 11.1. The zero-order chi connectivity index (χ0) is 13.0. The summed E-state index contributed by atoms with van der Waals surface area (Å²) in [6.07, 6.45) is 2.18. The molecule has 0 aliphatic rings. The first-order valence-corrected chi connectivity index (χ1v) is 7.12. The SMILES string of the molecule is CCCc1cc2c(Cl)nc(NCCOC)nc2s1. The lowest BCUT2D eigenvalue weighted by Crippen LogP contribution is -2.10. The lowest BCUT2D eigenvalue weighted by atomic mass is 10.3. The number of aromatic nitrogens is 2. The molecule has 0 amide bonds. The Morgan fingerprint density at radius 1 is 1.44 bits per heavy atom. The zero-order valence-corrected chi connectivity index (χ0v) is 12.1. The Bertz CT molecular complexity index is 529. The van der Waals surface area contributed by atoms with E-state index in [1.807, 2.05) is 0 Å². The molecule has 0 fully saturated rings. The molecule has 0 atom stereocenters. The van der Waals surface area contributed by atoms with Crippen LogP contribution in [0, 0.1) is 0 Å². The molecule has 2 rings (SSSR count). The summed E-state index contributed by atoms with van der Waals surface area (Å²) in [6.45, 7) is 3.45. The highest BCUT2D eigenvalue weighted by molar-refractivity contribution is 7.18. The molecule has 0 saturated carbocycles. The highest BCUT2D eigenvalue weighted by Crippen LogP contribution is 2.30. The lowest BCUT2D eigenvalue weighted by Gasteiger charge is -2.04. The fourth-order valence-corrected chi connectivity index (χ4v) is 3.06. The largest absolute Gasteiger partial charge is 0.383 e. The lowest BCUT2D eigenvalue weighted by molar-refractivity contribution is 0.210. The Labute approximate surface area is 115 Å². The minimum Gasteiger partial charge on any atom is -0.383 e. The molecular formula is C12H16ClN3OS. The van der Waals surface area contributed by atoms with E-state index in [0.717, 1.165) is 23.1 Å². The quantitative estimate of drug-likeness (QED) is 0.653. The summed E-state index contributed by atoms with van der Waals surface area (Å²) in [5.74, 6) is 0.564. The van der Waals surface area contributed by atoms with Crippen LogP contribution < -0.4 is 5.32 Å². The van der Waals surface area contributed by atoms with Gasteiger partial charge in [-0.3, -0.25) is 0 Å². The van der Waals surface area contributed by atoms with Gasteiger partial charge in [-0.1, -0.05) is 24.9 Å². The molecule has 2 aromatic heterocycles. The van der Waals surface area contributed by atoms with Crippen molar-refractivity contribution in [1.82, 2.24) is 9.97 Å². The van der Waals surface area contributed by atoms with Crippen molar-refractivity contribution in [3.8, 4) is 0 Å². The number of nitrogens with one attached hydrogen (secondary N) is 1. The van der Waals surface area contributed by atoms with Gasteiger partial charge in [-0.05, 0) is 12.5 Å². The van der Waals surface area contributed by atoms with E-state index in [-0.39, 0.29) is 0 Å². The van der Waals surface area contributed by atoms with Gasteiger partial charge < -0.3 is 10.1 Å². The minimum absolute atomic E-state index is 0.513. The molecule has 2 heterocycles. The number of nitrogens with zero attached hydrogens (tertiary/aromatic N) is 2. The smallest absolute Gasteiger partial charge is 0.225 e. The number of aryl methyl sites for hydroxylation is 1. The molecule has 0 saturated heterocycles. The van der Waals surface area contributed by atoms with Crippen LogP contribution >= 0.6 is 22.9 Å². The topological polar surface area (TPSA) is 47.0 Å². The second-order valence-corrected chi connectivity index (χ2v) is 5.41. The van der Waals surface area contributed by atoms with Crippen LogP contribution in [-0.2, 0) is 11.2 Å². The molecule has 0 bridgehead atoms. The third kappa shape index (κ3) is 3.10. The summed E-state index contributed by atoms with van der Waals surface area (Å²) in [5, 5.41) is 4.55. The number of methoxy groups -OCH3 is 1. The molecule has 0 aliphatic carbocycles. The number of hydrogen-bond acceptors (Lipinski definition) is 5. The third-order valence-electron chi connectivity index (χ3n) is 2.48. The van der Waals surface area contributed by atoms with Gasteiger partial charge in [0.25, 0.3) is 0 Å². The molecule has 2 aromatic rings. The standard InChI is InChI=1S/C12H16ClN3OS/c1-3-4-8-7-9-10(13)15-12(14-5-6-17-2)16-11(9)18-8/h7H,3-6H2,1-2H3,(H,14,15,16). The van der Waals surface area contributed by atoms with Gasteiger partial charge in [-0.15, -0.1) is 11.3 Å². The maximum atomic E-state index is 6.17. The highest BCUT2D eigenvalue weighted by atomic mass is 35.5. The third-order valence-corrected chi connectivity index (χ3v) is 3.86. The summed E-state index contributed by atoms with van der Waals surface area (Å²) in [7, 11) is 1.66. The number of anilines is 1. The number of ether oxygens (including phenoxy) is 1. The molecule has 98 valence electrons. The molecule has 0 unspecified atom stereocenters. The fraction of sp³-hybridized carbons (Fsp3) is 0.500. The number of rotatable bonds is 6. The van der Waals surface area contributed by atoms with E-state index >= 15 is 0 Å². The Hall–Kier alpha value is -0.910. The minimum atomic E-state index is 0.513. The van der Waals surface area contributed by atoms with E-state index in [2.05, 4.69) is 28.3 Å². The van der Waals surface area contributed by atoms with E-state index in [0.29, 0.717) is 24.3 Å². The number of fused-ring (bicyclic) bond motifs is 1. The van der Waals surface area contributed by atoms with Crippen LogP contribution in [0.1, 0.15) is 18.2 Å². The molecule has 4 nitrogen and oxygen atoms in total. The van der Waals surface area contributed by atoms with Gasteiger partial charge >= 0.3 is 0 Å². The summed E-state index contributed by atoms with van der Waals surface area (Å²) in [4.78, 5) is 11.0.